The summed E-state index contributed by atoms with van der Waals surface area (Å²) in [6.07, 6.45) is 2.92. The molecule has 0 aliphatic carbocycles. The highest BCUT2D eigenvalue weighted by atomic mass is 35.5. The van der Waals surface area contributed by atoms with Crippen molar-refractivity contribution in [3.63, 3.8) is 0 Å². The number of piperidine rings is 1. The van der Waals surface area contributed by atoms with Crippen molar-refractivity contribution in [3.8, 4) is 0 Å². The van der Waals surface area contributed by atoms with Gasteiger partial charge in [0.05, 0.1) is 0 Å². The zero-order valence-corrected chi connectivity index (χ0v) is 14.1. The average Bonchev–Trinajstić information content (AvgIpc) is 2.47. The van der Waals surface area contributed by atoms with Crippen molar-refractivity contribution in [1.82, 2.24) is 10.2 Å². The first-order valence-corrected chi connectivity index (χ1v) is 7.53. The van der Waals surface area contributed by atoms with Gasteiger partial charge < -0.3 is 10.2 Å². The van der Waals surface area contributed by atoms with E-state index in [4.69, 9.17) is 0 Å². The Morgan fingerprint density at radius 2 is 1.81 bits per heavy atom. The molecule has 118 valence electrons. The highest BCUT2D eigenvalue weighted by Crippen LogP contribution is 2.26. The highest BCUT2D eigenvalue weighted by molar-refractivity contribution is 5.85. The minimum atomic E-state index is -0.326. The molecule has 1 N–H and O–H groups in total. The van der Waals surface area contributed by atoms with E-state index in [9.17, 15) is 4.79 Å². The molecule has 3 nitrogen and oxygen atoms in total. The predicted octanol–water partition coefficient (Wildman–Crippen LogP) is 2.89. The zero-order valence-electron chi connectivity index (χ0n) is 13.3. The van der Waals surface area contributed by atoms with Crippen molar-refractivity contribution >= 4 is 18.3 Å². The molecule has 0 radical (unpaired) electrons. The van der Waals surface area contributed by atoms with Crippen LogP contribution in [0.3, 0.4) is 0 Å². The standard InChI is InChI=1S/C17H26N2O.ClH/c1-17(2,13-14-7-5-4-6-8-14)16(20)19-11-9-15(18-3)10-12-19;/h4-8,15,18H,9-13H2,1-3H3;1H. The first-order valence-electron chi connectivity index (χ1n) is 7.53. The van der Waals surface area contributed by atoms with E-state index in [1.807, 2.05) is 30.1 Å². The van der Waals surface area contributed by atoms with Crippen LogP contribution >= 0.6 is 12.4 Å². The van der Waals surface area contributed by atoms with E-state index in [0.29, 0.717) is 6.04 Å². The number of benzene rings is 1. The minimum absolute atomic E-state index is 0. The molecule has 1 fully saturated rings. The van der Waals surface area contributed by atoms with E-state index in [0.717, 1.165) is 32.4 Å². The van der Waals surface area contributed by atoms with Crippen LogP contribution in [0.15, 0.2) is 30.3 Å². The molecule has 4 heteroatoms. The summed E-state index contributed by atoms with van der Waals surface area (Å²) in [5.74, 6) is 0.288. The lowest BCUT2D eigenvalue weighted by atomic mass is 9.83. The Morgan fingerprint density at radius 1 is 1.24 bits per heavy atom. The van der Waals surface area contributed by atoms with Crippen molar-refractivity contribution in [1.29, 1.82) is 0 Å². The van der Waals surface area contributed by atoms with Crippen molar-refractivity contribution < 1.29 is 4.79 Å². The van der Waals surface area contributed by atoms with Gasteiger partial charge in [0, 0.05) is 24.5 Å². The second-order valence-corrected chi connectivity index (χ2v) is 6.40. The summed E-state index contributed by atoms with van der Waals surface area (Å²) in [6.45, 7) is 5.88. The molecular weight excluding hydrogens is 284 g/mol. The molecular formula is C17H27ClN2O. The van der Waals surface area contributed by atoms with E-state index >= 15 is 0 Å². The summed E-state index contributed by atoms with van der Waals surface area (Å²) in [5.41, 5.74) is 0.907. The molecule has 1 saturated heterocycles. The Balaban J connectivity index is 0.00000220. The largest absolute Gasteiger partial charge is 0.342 e. The third kappa shape index (κ3) is 4.72. The number of likely N-dealkylation sites (tertiary alicyclic amines) is 1. The highest BCUT2D eigenvalue weighted by Gasteiger charge is 2.33. The van der Waals surface area contributed by atoms with Crippen LogP contribution in [0.4, 0.5) is 0 Å². The van der Waals surface area contributed by atoms with Crippen LogP contribution in [0.1, 0.15) is 32.3 Å². The number of hydrogen-bond donors (Lipinski definition) is 1. The number of halogens is 1. The van der Waals surface area contributed by atoms with Crippen LogP contribution in [-0.2, 0) is 11.2 Å². The van der Waals surface area contributed by atoms with E-state index in [-0.39, 0.29) is 23.7 Å². The smallest absolute Gasteiger partial charge is 0.228 e. The molecule has 0 bridgehead atoms. The molecule has 0 atom stereocenters. The minimum Gasteiger partial charge on any atom is -0.342 e. The molecule has 2 rings (SSSR count). The van der Waals surface area contributed by atoms with Crippen molar-refractivity contribution in [2.45, 2.75) is 39.2 Å². The second kappa shape index (κ2) is 7.81. The summed E-state index contributed by atoms with van der Waals surface area (Å²) in [6, 6.07) is 10.9. The van der Waals surface area contributed by atoms with Gasteiger partial charge in [0.25, 0.3) is 0 Å². The number of rotatable bonds is 4. The molecule has 0 aromatic heterocycles. The quantitative estimate of drug-likeness (QED) is 0.927. The number of carbonyl (C=O) groups is 1. The van der Waals surface area contributed by atoms with Gasteiger partial charge >= 0.3 is 0 Å². The van der Waals surface area contributed by atoms with Gasteiger partial charge in [-0.1, -0.05) is 44.2 Å². The molecule has 1 aliphatic heterocycles. The Hall–Kier alpha value is -1.06. The Kier molecular flexibility index (Phi) is 6.69. The van der Waals surface area contributed by atoms with Crippen LogP contribution < -0.4 is 5.32 Å². The molecule has 21 heavy (non-hydrogen) atoms. The van der Waals surface area contributed by atoms with Crippen LogP contribution in [0.5, 0.6) is 0 Å². The lowest BCUT2D eigenvalue weighted by Gasteiger charge is -2.37. The van der Waals surface area contributed by atoms with Gasteiger partial charge in [-0.05, 0) is 31.9 Å². The predicted molar refractivity (Wildman–Crippen MR) is 89.8 cm³/mol. The maximum Gasteiger partial charge on any atom is 0.228 e. The van der Waals surface area contributed by atoms with Crippen LogP contribution in [-0.4, -0.2) is 37.0 Å². The lowest BCUT2D eigenvalue weighted by Crippen LogP contribution is -2.48. The maximum absolute atomic E-state index is 12.7. The number of nitrogens with one attached hydrogen (secondary N) is 1. The molecule has 1 aromatic carbocycles. The maximum atomic E-state index is 12.7. The van der Waals surface area contributed by atoms with Gasteiger partial charge in [0.1, 0.15) is 0 Å². The van der Waals surface area contributed by atoms with E-state index in [1.165, 1.54) is 5.56 Å². The number of carbonyl (C=O) groups excluding carboxylic acids is 1. The monoisotopic (exact) mass is 310 g/mol. The summed E-state index contributed by atoms with van der Waals surface area (Å²) in [5, 5.41) is 3.30. The van der Waals surface area contributed by atoms with Crippen molar-refractivity contribution in [2.75, 3.05) is 20.1 Å². The number of nitrogens with zero attached hydrogens (tertiary/aromatic N) is 1. The Morgan fingerprint density at radius 3 is 2.33 bits per heavy atom. The van der Waals surface area contributed by atoms with Crippen molar-refractivity contribution in [2.24, 2.45) is 5.41 Å². The molecule has 0 spiro atoms. The normalized spacial score (nSPS) is 16.4. The van der Waals surface area contributed by atoms with E-state index < -0.39 is 0 Å². The van der Waals surface area contributed by atoms with Gasteiger partial charge in [-0.3, -0.25) is 4.79 Å². The fourth-order valence-electron chi connectivity index (χ4n) is 2.98. The molecule has 1 heterocycles. The van der Waals surface area contributed by atoms with Crippen LogP contribution in [0, 0.1) is 5.41 Å². The molecule has 1 amide bonds. The van der Waals surface area contributed by atoms with Gasteiger partial charge in [-0.25, -0.2) is 0 Å². The summed E-state index contributed by atoms with van der Waals surface area (Å²) in [7, 11) is 2.00. The zero-order chi connectivity index (χ0) is 14.6. The Labute approximate surface area is 134 Å². The third-order valence-electron chi connectivity index (χ3n) is 4.26. The van der Waals surface area contributed by atoms with Gasteiger partial charge in [0.15, 0.2) is 0 Å². The van der Waals surface area contributed by atoms with E-state index in [2.05, 4.69) is 31.3 Å². The first kappa shape index (κ1) is 18.0. The van der Waals surface area contributed by atoms with Crippen LogP contribution in [0.25, 0.3) is 0 Å². The first-order chi connectivity index (χ1) is 9.53. The molecule has 1 aliphatic rings. The van der Waals surface area contributed by atoms with Crippen molar-refractivity contribution in [3.05, 3.63) is 35.9 Å². The summed E-state index contributed by atoms with van der Waals surface area (Å²) in [4.78, 5) is 14.8. The van der Waals surface area contributed by atoms with E-state index in [1.54, 1.807) is 0 Å². The summed E-state index contributed by atoms with van der Waals surface area (Å²) < 4.78 is 0. The van der Waals surface area contributed by atoms with Crippen LogP contribution in [0.2, 0.25) is 0 Å². The molecule has 1 aromatic rings. The lowest BCUT2D eigenvalue weighted by molar-refractivity contribution is -0.141. The SMILES string of the molecule is CNC1CCN(C(=O)C(C)(C)Cc2ccccc2)CC1.Cl. The second-order valence-electron chi connectivity index (χ2n) is 6.40. The topological polar surface area (TPSA) is 32.3 Å². The Bertz CT molecular complexity index is 439. The fourth-order valence-corrected chi connectivity index (χ4v) is 2.98. The molecule has 0 saturated carbocycles. The number of hydrogen-bond acceptors (Lipinski definition) is 2. The summed E-state index contributed by atoms with van der Waals surface area (Å²) >= 11 is 0. The van der Waals surface area contributed by atoms with Gasteiger partial charge in [-0.2, -0.15) is 0 Å². The third-order valence-corrected chi connectivity index (χ3v) is 4.26. The molecule has 0 unspecified atom stereocenters. The van der Waals surface area contributed by atoms with Gasteiger partial charge in [-0.15, -0.1) is 12.4 Å². The fraction of sp³-hybridized carbons (Fsp3) is 0.588. The van der Waals surface area contributed by atoms with Gasteiger partial charge in [0.2, 0.25) is 5.91 Å². The average molecular weight is 311 g/mol. The number of amides is 1.